The molecule has 386 valence electrons. The first-order valence-electron chi connectivity index (χ1n) is 24.7. The van der Waals surface area contributed by atoms with Crippen LogP contribution in [0.5, 0.6) is 11.5 Å². The van der Waals surface area contributed by atoms with Crippen molar-refractivity contribution in [2.24, 2.45) is 16.2 Å². The summed E-state index contributed by atoms with van der Waals surface area (Å²) in [4.78, 5) is 55.7. The van der Waals surface area contributed by atoms with Gasteiger partial charge in [-0.3, -0.25) is 19.2 Å². The van der Waals surface area contributed by atoms with Gasteiger partial charge in [0, 0.05) is 41.5 Å². The third kappa shape index (κ3) is 13.6. The van der Waals surface area contributed by atoms with Crippen LogP contribution in [0.1, 0.15) is 101 Å². The topological polar surface area (TPSA) is 199 Å². The molecule has 2 aliphatic carbocycles. The fourth-order valence-corrected chi connectivity index (χ4v) is 10.4. The lowest BCUT2D eigenvalue weighted by atomic mass is 9.49. The number of fused-ring (bicyclic) bond motifs is 1. The Bertz CT molecular complexity index is 2330. The van der Waals surface area contributed by atoms with Gasteiger partial charge in [-0.25, -0.2) is 0 Å². The van der Waals surface area contributed by atoms with Gasteiger partial charge < -0.3 is 54.6 Å². The van der Waals surface area contributed by atoms with Crippen LogP contribution in [0.15, 0.2) is 66.7 Å². The lowest BCUT2D eigenvalue weighted by molar-refractivity contribution is -0.164. The maximum absolute atomic E-state index is 14.0. The molecule has 17 heteroatoms. The molecule has 3 aromatic rings. The van der Waals surface area contributed by atoms with E-state index in [9.17, 15) is 24.4 Å². The lowest BCUT2D eigenvalue weighted by Crippen LogP contribution is -2.74. The minimum absolute atomic E-state index is 0.161. The molecule has 1 unspecified atom stereocenters. The number of likely N-dealkylation sites (N-methyl/N-ethyl adjacent to an activating group) is 1. The Morgan fingerprint density at radius 3 is 2.08 bits per heavy atom. The van der Waals surface area contributed by atoms with Crippen molar-refractivity contribution in [3.8, 4) is 17.6 Å². The maximum atomic E-state index is 14.0. The Balaban J connectivity index is 0.837. The zero-order chi connectivity index (χ0) is 51.5. The molecule has 1 aliphatic heterocycles. The summed E-state index contributed by atoms with van der Waals surface area (Å²) in [5.41, 5.74) is 1.67. The molecule has 3 aromatic carbocycles. The molecule has 6 rings (SSSR count). The Hall–Kier alpha value is -5.28. The summed E-state index contributed by atoms with van der Waals surface area (Å²) in [6.07, 6.45) is 1.34. The summed E-state index contributed by atoms with van der Waals surface area (Å²) in [6.45, 7) is 19.1. The minimum Gasteiger partial charge on any atom is -0.491 e. The molecule has 3 aliphatic rings. The predicted octanol–water partition coefficient (Wildman–Crippen LogP) is 6.18. The van der Waals surface area contributed by atoms with Crippen molar-refractivity contribution in [1.82, 2.24) is 26.2 Å². The Morgan fingerprint density at radius 1 is 0.845 bits per heavy atom. The second-order valence-electron chi connectivity index (χ2n) is 20.8. The Labute approximate surface area is 424 Å². The molecule has 4 amide bonds. The van der Waals surface area contributed by atoms with Crippen LogP contribution < -0.4 is 30.7 Å². The van der Waals surface area contributed by atoms with Crippen molar-refractivity contribution in [2.45, 2.75) is 117 Å². The molecule has 71 heavy (non-hydrogen) atoms. The van der Waals surface area contributed by atoms with E-state index in [1.165, 1.54) is 0 Å². The summed E-state index contributed by atoms with van der Waals surface area (Å²) < 4.78 is 35.6. The molecule has 16 nitrogen and oxygen atoms in total. The zero-order valence-corrected chi connectivity index (χ0v) is 43.5. The number of benzene rings is 3. The third-order valence-corrected chi connectivity index (χ3v) is 14.2. The van der Waals surface area contributed by atoms with Gasteiger partial charge in [-0.15, -0.1) is 0 Å². The largest absolute Gasteiger partial charge is 0.491 e. The second kappa shape index (κ2) is 24.4. The van der Waals surface area contributed by atoms with Crippen molar-refractivity contribution in [3.05, 3.63) is 94.0 Å². The number of hydrogen-bond acceptors (Lipinski definition) is 12. The molecule has 2 fully saturated rings. The normalized spacial score (nSPS) is 21.8. The maximum Gasteiger partial charge on any atom is 0.251 e. The highest BCUT2D eigenvalue weighted by atomic mass is 35.5. The van der Waals surface area contributed by atoms with Gasteiger partial charge in [0.05, 0.1) is 75.0 Å². The minimum atomic E-state index is -0.795. The standard InChI is InChI=1S/C54H73ClN6O10/c1-34(57-9)46(62)59-45(52(2,3)4)49(65)61-22-12-15-42(61)48(64)58-44-40-14-11-10-13-36(40)31-43(44)70-30-28-68-26-24-66-23-25-67-27-29-69-38-19-16-35(17-20-38)47(63)60-50-53(5,6)51(54(50,7)8)71-39-21-18-37(33-56)41(55)32-39/h10-11,13-14,16-21,32,34,42-45,50-51,57H,12,15,22-31H2,1-9H3,(H,58,64)(H,59,62)(H,60,63)/t34-,42?,43+,44-,45+,50-,51-/m0/s1. The third-order valence-electron chi connectivity index (χ3n) is 13.9. The highest BCUT2D eigenvalue weighted by Gasteiger charge is 2.64. The van der Waals surface area contributed by atoms with Crippen LogP contribution >= 0.6 is 11.6 Å². The van der Waals surface area contributed by atoms with Gasteiger partial charge >= 0.3 is 0 Å². The zero-order valence-electron chi connectivity index (χ0n) is 42.7. The molecule has 5 atom stereocenters. The molecule has 1 heterocycles. The van der Waals surface area contributed by atoms with Crippen molar-refractivity contribution < 1.29 is 47.6 Å². The lowest BCUT2D eigenvalue weighted by Gasteiger charge is -2.63. The average Bonchev–Trinajstić information content (AvgIpc) is 3.97. The van der Waals surface area contributed by atoms with Crippen LogP contribution in [0.25, 0.3) is 0 Å². The SMILES string of the molecule is CN[C@@H](C)C(=O)N[C@H](C(=O)N1CCCC1C(=O)N[C@H]1c2ccccc2C[C@H]1OCCOCCOCCOCCOc1ccc(C(=O)N[C@H]2C(C)(C)[C@H](Oc3ccc(C#N)c(Cl)c3)C2(C)C)cc1)C(C)(C)C. The van der Waals surface area contributed by atoms with Crippen LogP contribution in [0.2, 0.25) is 5.02 Å². The summed E-state index contributed by atoms with van der Waals surface area (Å²) in [5.74, 6) is 0.249. The van der Waals surface area contributed by atoms with Gasteiger partial charge in [-0.2, -0.15) is 5.26 Å². The fraction of sp³-hybridized carbons (Fsp3) is 0.574. The van der Waals surface area contributed by atoms with E-state index in [4.69, 9.17) is 40.0 Å². The second-order valence-corrected chi connectivity index (χ2v) is 21.2. The van der Waals surface area contributed by atoms with Gasteiger partial charge in [-0.05, 0) is 79.8 Å². The number of rotatable bonds is 24. The summed E-state index contributed by atoms with van der Waals surface area (Å²) in [7, 11) is 1.69. The molecule has 1 saturated heterocycles. The Morgan fingerprint density at radius 2 is 1.46 bits per heavy atom. The molecule has 0 bridgehead atoms. The van der Waals surface area contributed by atoms with E-state index in [1.54, 1.807) is 61.3 Å². The summed E-state index contributed by atoms with van der Waals surface area (Å²) >= 11 is 6.24. The van der Waals surface area contributed by atoms with Crippen LogP contribution in [0, 0.1) is 27.6 Å². The molecule has 0 radical (unpaired) electrons. The van der Waals surface area contributed by atoms with E-state index in [-0.39, 0.29) is 52.7 Å². The predicted molar refractivity (Wildman–Crippen MR) is 269 cm³/mol. The highest BCUT2D eigenvalue weighted by molar-refractivity contribution is 6.31. The number of amides is 4. The molecule has 0 aromatic heterocycles. The Kier molecular flexibility index (Phi) is 18.9. The van der Waals surface area contributed by atoms with Gasteiger partial charge in [0.25, 0.3) is 5.91 Å². The van der Waals surface area contributed by atoms with Gasteiger partial charge in [0.15, 0.2) is 0 Å². The molecular weight excluding hydrogens is 928 g/mol. The fourth-order valence-electron chi connectivity index (χ4n) is 10.2. The van der Waals surface area contributed by atoms with E-state index in [0.29, 0.717) is 106 Å². The average molecular weight is 1000 g/mol. The number of carbonyl (C=O) groups is 4. The smallest absolute Gasteiger partial charge is 0.251 e. The highest BCUT2D eigenvalue weighted by Crippen LogP contribution is 2.55. The quantitative estimate of drug-likeness (QED) is 0.0745. The number of nitrogens with zero attached hydrogens (tertiary/aromatic N) is 2. The van der Waals surface area contributed by atoms with E-state index >= 15 is 0 Å². The molecule has 0 spiro atoms. The first-order valence-corrected chi connectivity index (χ1v) is 25.1. The number of ether oxygens (including phenoxy) is 6. The van der Waals surface area contributed by atoms with Crippen LogP contribution in [-0.4, -0.2) is 131 Å². The van der Waals surface area contributed by atoms with E-state index in [1.807, 2.05) is 45.0 Å². The van der Waals surface area contributed by atoms with Gasteiger partial charge in [0.2, 0.25) is 17.7 Å². The van der Waals surface area contributed by atoms with E-state index in [2.05, 4.69) is 55.0 Å². The van der Waals surface area contributed by atoms with Crippen molar-refractivity contribution in [1.29, 1.82) is 5.26 Å². The molecular formula is C54H73ClN6O10. The summed E-state index contributed by atoms with van der Waals surface area (Å²) in [5, 5.41) is 21.8. The van der Waals surface area contributed by atoms with Crippen LogP contribution in [-0.2, 0) is 39.8 Å². The van der Waals surface area contributed by atoms with Gasteiger partial charge in [-0.1, -0.05) is 84.3 Å². The van der Waals surface area contributed by atoms with Crippen molar-refractivity contribution >= 4 is 35.2 Å². The van der Waals surface area contributed by atoms with Crippen molar-refractivity contribution in [3.63, 3.8) is 0 Å². The van der Waals surface area contributed by atoms with Crippen molar-refractivity contribution in [2.75, 3.05) is 66.4 Å². The monoisotopic (exact) mass is 1000 g/mol. The van der Waals surface area contributed by atoms with E-state index in [0.717, 1.165) is 11.1 Å². The first-order chi connectivity index (χ1) is 33.8. The number of halogens is 1. The number of nitriles is 1. The van der Waals surface area contributed by atoms with E-state index < -0.39 is 29.6 Å². The number of nitrogens with one attached hydrogen (secondary N) is 4. The molecule has 4 N–H and O–H groups in total. The first kappa shape index (κ1) is 55.0. The number of likely N-dealkylation sites (tertiary alicyclic amines) is 1. The van der Waals surface area contributed by atoms with Gasteiger partial charge in [0.1, 0.15) is 42.4 Å². The number of hydrogen-bond donors (Lipinski definition) is 4. The molecule has 1 saturated carbocycles. The summed E-state index contributed by atoms with van der Waals surface area (Å²) in [6, 6.07) is 19.6. The van der Waals surface area contributed by atoms with Crippen LogP contribution in [0.4, 0.5) is 0 Å². The van der Waals surface area contributed by atoms with Crippen LogP contribution in [0.3, 0.4) is 0 Å². The number of carbonyl (C=O) groups excluding carboxylic acids is 4.